The van der Waals surface area contributed by atoms with E-state index in [1.807, 2.05) is 0 Å². The van der Waals surface area contributed by atoms with Crippen molar-refractivity contribution in [1.29, 1.82) is 0 Å². The molecular formula is C55H63N3O2. The molecule has 2 atom stereocenters. The zero-order chi connectivity index (χ0) is 42.7. The van der Waals surface area contributed by atoms with E-state index >= 15 is 0 Å². The van der Waals surface area contributed by atoms with E-state index in [0.717, 1.165) is 54.6 Å². The Balaban J connectivity index is 1.28. The van der Waals surface area contributed by atoms with Crippen LogP contribution in [0.4, 0.5) is 28.4 Å². The van der Waals surface area contributed by atoms with Gasteiger partial charge in [0.25, 0.3) is 0 Å². The summed E-state index contributed by atoms with van der Waals surface area (Å²) in [4.78, 5) is 17.6. The second kappa shape index (κ2) is 18.2. The molecule has 0 heterocycles. The largest absolute Gasteiger partial charge is 0.457 e. The van der Waals surface area contributed by atoms with Gasteiger partial charge in [-0.3, -0.25) is 0 Å². The molecule has 1 aliphatic carbocycles. The van der Waals surface area contributed by atoms with Crippen LogP contribution in [-0.4, -0.2) is 32.2 Å². The Morgan fingerprint density at radius 2 is 1.17 bits per heavy atom. The molecule has 0 amide bonds. The van der Waals surface area contributed by atoms with Gasteiger partial charge in [-0.05, 0) is 142 Å². The molecule has 1 N–H and O–H groups in total. The fourth-order valence-corrected chi connectivity index (χ4v) is 9.92. The summed E-state index contributed by atoms with van der Waals surface area (Å²) in [5, 5.41) is 6.24. The van der Waals surface area contributed by atoms with Gasteiger partial charge in [0, 0.05) is 59.4 Å². The third-order valence-corrected chi connectivity index (χ3v) is 12.6. The van der Waals surface area contributed by atoms with Crippen molar-refractivity contribution in [2.24, 2.45) is 0 Å². The SMILES string of the molecule is C=C(CCC)C(=O)OC1CCCCC1Nc1ccc(C(c2ccc(N(C)c3c(C)cc(C)cc3C)cc2)c2ccc(N(C)c3c(C)cc(C)cc3C)cc2)c2ccccc12. The van der Waals surface area contributed by atoms with Gasteiger partial charge in [0.05, 0.1) is 6.04 Å². The highest BCUT2D eigenvalue weighted by Gasteiger charge is 2.30. The molecule has 1 aliphatic rings. The highest BCUT2D eigenvalue weighted by Crippen LogP contribution is 2.42. The van der Waals surface area contributed by atoms with Crippen molar-refractivity contribution in [3.63, 3.8) is 0 Å². The first-order valence-electron chi connectivity index (χ1n) is 21.8. The number of anilines is 5. The Bertz CT molecular complexity index is 2350. The van der Waals surface area contributed by atoms with E-state index in [4.69, 9.17) is 4.74 Å². The van der Waals surface area contributed by atoms with E-state index < -0.39 is 0 Å². The zero-order valence-corrected chi connectivity index (χ0v) is 37.3. The van der Waals surface area contributed by atoms with Crippen LogP contribution in [0.5, 0.6) is 0 Å². The van der Waals surface area contributed by atoms with E-state index in [9.17, 15) is 4.79 Å². The summed E-state index contributed by atoms with van der Waals surface area (Å²) in [5.74, 6) is -0.289. The maximum Gasteiger partial charge on any atom is 0.333 e. The summed E-state index contributed by atoms with van der Waals surface area (Å²) in [6.07, 6.45) is 5.29. The molecule has 0 aliphatic heterocycles. The Morgan fingerprint density at radius 3 is 1.67 bits per heavy atom. The first-order valence-corrected chi connectivity index (χ1v) is 21.8. The lowest BCUT2D eigenvalue weighted by Gasteiger charge is -2.33. The summed E-state index contributed by atoms with van der Waals surface area (Å²) >= 11 is 0. The summed E-state index contributed by atoms with van der Waals surface area (Å²) < 4.78 is 6.12. The number of esters is 1. The van der Waals surface area contributed by atoms with E-state index in [1.54, 1.807) is 0 Å². The smallest absolute Gasteiger partial charge is 0.333 e. The Hall–Kier alpha value is -5.81. The van der Waals surface area contributed by atoms with E-state index in [-0.39, 0.29) is 24.0 Å². The molecule has 0 radical (unpaired) electrons. The van der Waals surface area contributed by atoms with Crippen molar-refractivity contribution in [3.05, 3.63) is 171 Å². The van der Waals surface area contributed by atoms with Crippen molar-refractivity contribution < 1.29 is 9.53 Å². The van der Waals surface area contributed by atoms with Crippen LogP contribution in [0.1, 0.15) is 101 Å². The van der Waals surface area contributed by atoms with Crippen LogP contribution in [0, 0.1) is 41.5 Å². The lowest BCUT2D eigenvalue weighted by molar-refractivity contribution is -0.146. The highest BCUT2D eigenvalue weighted by atomic mass is 16.5. The highest BCUT2D eigenvalue weighted by molar-refractivity contribution is 5.97. The predicted octanol–water partition coefficient (Wildman–Crippen LogP) is 14.0. The molecule has 60 heavy (non-hydrogen) atoms. The maximum atomic E-state index is 13.0. The normalized spacial score (nSPS) is 15.2. The Morgan fingerprint density at radius 1 is 0.683 bits per heavy atom. The van der Waals surface area contributed by atoms with Crippen LogP contribution in [0.25, 0.3) is 10.8 Å². The maximum absolute atomic E-state index is 13.0. The summed E-state index contributed by atoms with van der Waals surface area (Å²) in [6, 6.07) is 40.7. The number of carbonyl (C=O) groups excluding carboxylic acids is 1. The van der Waals surface area contributed by atoms with Crippen molar-refractivity contribution >= 4 is 45.2 Å². The van der Waals surface area contributed by atoms with Gasteiger partial charge in [0.15, 0.2) is 0 Å². The number of nitrogens with zero attached hydrogens (tertiary/aromatic N) is 2. The third kappa shape index (κ3) is 8.87. The quantitative estimate of drug-likeness (QED) is 0.0716. The number of rotatable bonds is 13. The average molecular weight is 798 g/mol. The molecule has 310 valence electrons. The Labute approximate surface area is 359 Å². The van der Waals surface area contributed by atoms with Crippen LogP contribution >= 0.6 is 0 Å². The minimum Gasteiger partial charge on any atom is -0.457 e. The molecule has 5 heteroatoms. The molecule has 6 aromatic carbocycles. The number of fused-ring (bicyclic) bond motifs is 1. The number of ether oxygens (including phenoxy) is 1. The van der Waals surface area contributed by atoms with Crippen LogP contribution in [-0.2, 0) is 9.53 Å². The molecule has 5 nitrogen and oxygen atoms in total. The summed E-state index contributed by atoms with van der Waals surface area (Å²) in [5.41, 5.74) is 17.8. The van der Waals surface area contributed by atoms with Gasteiger partial charge in [-0.2, -0.15) is 0 Å². The van der Waals surface area contributed by atoms with Crippen molar-refractivity contribution in [3.8, 4) is 0 Å². The lowest BCUT2D eigenvalue weighted by Crippen LogP contribution is -2.40. The predicted molar refractivity (Wildman–Crippen MR) is 255 cm³/mol. The number of nitrogens with one attached hydrogen (secondary N) is 1. The van der Waals surface area contributed by atoms with Crippen molar-refractivity contribution in [2.45, 2.75) is 105 Å². The molecule has 6 aromatic rings. The van der Waals surface area contributed by atoms with Gasteiger partial charge in [-0.25, -0.2) is 4.79 Å². The number of carbonyl (C=O) groups is 1. The van der Waals surface area contributed by atoms with Gasteiger partial charge in [-0.15, -0.1) is 0 Å². The molecule has 7 rings (SSSR count). The van der Waals surface area contributed by atoms with Gasteiger partial charge in [0.2, 0.25) is 0 Å². The fraction of sp³-hybridized carbons (Fsp3) is 0.327. The van der Waals surface area contributed by atoms with Crippen LogP contribution in [0.3, 0.4) is 0 Å². The third-order valence-electron chi connectivity index (χ3n) is 12.6. The van der Waals surface area contributed by atoms with E-state index in [2.05, 4.69) is 193 Å². The van der Waals surface area contributed by atoms with Crippen molar-refractivity contribution in [1.82, 2.24) is 0 Å². The minimum absolute atomic E-state index is 0.0258. The van der Waals surface area contributed by atoms with Gasteiger partial charge >= 0.3 is 5.97 Å². The van der Waals surface area contributed by atoms with Crippen molar-refractivity contribution in [2.75, 3.05) is 29.2 Å². The molecule has 1 fully saturated rings. The Kier molecular flexibility index (Phi) is 12.8. The summed E-state index contributed by atoms with van der Waals surface area (Å²) in [7, 11) is 4.34. The van der Waals surface area contributed by atoms with E-state index in [0.29, 0.717) is 12.0 Å². The zero-order valence-electron chi connectivity index (χ0n) is 37.3. The second-order valence-corrected chi connectivity index (χ2v) is 17.3. The number of hydrogen-bond acceptors (Lipinski definition) is 5. The molecule has 0 saturated heterocycles. The molecule has 0 aromatic heterocycles. The molecule has 0 bridgehead atoms. The topological polar surface area (TPSA) is 44.8 Å². The molecule has 2 unspecified atom stereocenters. The summed E-state index contributed by atoms with van der Waals surface area (Å²) in [6.45, 7) is 19.2. The van der Waals surface area contributed by atoms with Gasteiger partial charge in [-0.1, -0.05) is 116 Å². The van der Waals surface area contributed by atoms with Gasteiger partial charge < -0.3 is 19.9 Å². The lowest BCUT2D eigenvalue weighted by atomic mass is 9.82. The van der Waals surface area contributed by atoms with Crippen LogP contribution in [0.15, 0.2) is 121 Å². The van der Waals surface area contributed by atoms with Gasteiger partial charge in [0.1, 0.15) is 6.10 Å². The average Bonchev–Trinajstić information content (AvgIpc) is 3.22. The first kappa shape index (κ1) is 42.3. The number of benzene rings is 6. The number of aryl methyl sites for hydroxylation is 6. The molecule has 1 saturated carbocycles. The first-order chi connectivity index (χ1) is 28.8. The standard InChI is InChI=1S/C55H63N3O2/c1-11-16-37(4)55(59)60-51-20-15-14-19-50(51)56-49-30-29-48(46-17-12-13-18-47(46)49)52(42-21-25-44(26-22-42)57(9)53-38(5)31-35(2)32-39(53)6)43-23-27-45(28-24-43)58(10)54-40(7)33-36(3)34-41(54)8/h12-13,17-18,21-34,50-52,56H,4,11,14-16,19-20H2,1-3,5-10H3. The second-order valence-electron chi connectivity index (χ2n) is 17.3. The monoisotopic (exact) mass is 797 g/mol. The van der Waals surface area contributed by atoms with Crippen LogP contribution in [0.2, 0.25) is 0 Å². The minimum atomic E-state index is -0.263. The van der Waals surface area contributed by atoms with Crippen LogP contribution < -0.4 is 15.1 Å². The molecular weight excluding hydrogens is 735 g/mol. The number of hydrogen-bond donors (Lipinski definition) is 1. The molecule has 0 spiro atoms. The fourth-order valence-electron chi connectivity index (χ4n) is 9.92. The van der Waals surface area contributed by atoms with E-state index in [1.165, 1.54) is 66.8 Å².